The lowest BCUT2D eigenvalue weighted by atomic mass is 10.1. The molecular formula is C12H13IN2. The molecule has 1 aromatic carbocycles. The fourth-order valence-corrected chi connectivity index (χ4v) is 2.31. The number of halogens is 1. The first kappa shape index (κ1) is 10.7. The van der Waals surface area contributed by atoms with Crippen molar-refractivity contribution < 1.29 is 0 Å². The summed E-state index contributed by atoms with van der Waals surface area (Å²) in [5.41, 5.74) is 3.53. The Morgan fingerprint density at radius 3 is 2.47 bits per heavy atom. The molecule has 0 unspecified atom stereocenters. The number of hydrogen-bond acceptors (Lipinski definition) is 1. The molecule has 15 heavy (non-hydrogen) atoms. The highest BCUT2D eigenvalue weighted by Crippen LogP contribution is 2.26. The Labute approximate surface area is 103 Å². The topological polar surface area (TPSA) is 17.8 Å². The van der Waals surface area contributed by atoms with Gasteiger partial charge in [0.25, 0.3) is 0 Å². The van der Waals surface area contributed by atoms with Crippen LogP contribution in [-0.2, 0) is 6.54 Å². The molecular weight excluding hydrogens is 299 g/mol. The number of aryl methyl sites for hydroxylation is 1. The molecule has 0 bridgehead atoms. The molecule has 78 valence electrons. The number of hydrogen-bond donors (Lipinski definition) is 0. The van der Waals surface area contributed by atoms with E-state index in [0.717, 1.165) is 12.2 Å². The van der Waals surface area contributed by atoms with Crippen LogP contribution in [0.15, 0.2) is 30.3 Å². The SMILES string of the molecule is CCn1nc(-c2ccccc2)c(I)c1C. The van der Waals surface area contributed by atoms with E-state index in [9.17, 15) is 0 Å². The van der Waals surface area contributed by atoms with E-state index in [1.54, 1.807) is 0 Å². The van der Waals surface area contributed by atoms with Gasteiger partial charge in [-0.2, -0.15) is 5.10 Å². The second kappa shape index (κ2) is 4.35. The van der Waals surface area contributed by atoms with Crippen LogP contribution in [0.2, 0.25) is 0 Å². The molecule has 0 saturated carbocycles. The molecule has 0 fully saturated rings. The third kappa shape index (κ3) is 1.93. The number of benzene rings is 1. The summed E-state index contributed by atoms with van der Waals surface area (Å²) in [7, 11) is 0. The van der Waals surface area contributed by atoms with E-state index < -0.39 is 0 Å². The van der Waals surface area contributed by atoms with E-state index in [-0.39, 0.29) is 0 Å². The molecule has 2 rings (SSSR count). The van der Waals surface area contributed by atoms with Crippen LogP contribution < -0.4 is 0 Å². The largest absolute Gasteiger partial charge is 0.268 e. The Morgan fingerprint density at radius 2 is 1.93 bits per heavy atom. The summed E-state index contributed by atoms with van der Waals surface area (Å²) in [6.07, 6.45) is 0. The summed E-state index contributed by atoms with van der Waals surface area (Å²) >= 11 is 2.37. The summed E-state index contributed by atoms with van der Waals surface area (Å²) in [6, 6.07) is 10.3. The lowest BCUT2D eigenvalue weighted by molar-refractivity contribution is 0.641. The molecule has 2 aromatic rings. The molecule has 0 saturated heterocycles. The standard InChI is InChI=1S/C12H13IN2/c1-3-15-9(2)11(13)12(14-15)10-7-5-4-6-8-10/h4-8H,3H2,1-2H3. The first-order valence-electron chi connectivity index (χ1n) is 5.02. The predicted molar refractivity (Wildman–Crippen MR) is 70.8 cm³/mol. The van der Waals surface area contributed by atoms with Crippen molar-refractivity contribution in [1.82, 2.24) is 9.78 Å². The molecule has 1 heterocycles. The lowest BCUT2D eigenvalue weighted by Crippen LogP contribution is -1.98. The van der Waals surface area contributed by atoms with Crippen LogP contribution in [-0.4, -0.2) is 9.78 Å². The van der Waals surface area contributed by atoms with Gasteiger partial charge in [0.2, 0.25) is 0 Å². The monoisotopic (exact) mass is 312 g/mol. The van der Waals surface area contributed by atoms with Gasteiger partial charge in [-0.3, -0.25) is 4.68 Å². The van der Waals surface area contributed by atoms with Crippen molar-refractivity contribution in [2.24, 2.45) is 0 Å². The molecule has 0 amide bonds. The van der Waals surface area contributed by atoms with E-state index in [1.165, 1.54) is 14.8 Å². The number of nitrogens with zero attached hydrogens (tertiary/aromatic N) is 2. The quantitative estimate of drug-likeness (QED) is 0.776. The zero-order valence-electron chi connectivity index (χ0n) is 8.87. The molecule has 1 aromatic heterocycles. The normalized spacial score (nSPS) is 10.6. The molecule has 0 aliphatic heterocycles. The highest BCUT2D eigenvalue weighted by Gasteiger charge is 2.12. The highest BCUT2D eigenvalue weighted by atomic mass is 127. The summed E-state index contributed by atoms with van der Waals surface area (Å²) in [6.45, 7) is 5.16. The van der Waals surface area contributed by atoms with E-state index in [2.05, 4.69) is 53.7 Å². The van der Waals surface area contributed by atoms with Gasteiger partial charge in [-0.05, 0) is 36.4 Å². The minimum atomic E-state index is 0.925. The summed E-state index contributed by atoms with van der Waals surface area (Å²) in [4.78, 5) is 0. The zero-order chi connectivity index (χ0) is 10.8. The third-order valence-electron chi connectivity index (χ3n) is 2.48. The van der Waals surface area contributed by atoms with Crippen LogP contribution in [0.5, 0.6) is 0 Å². The van der Waals surface area contributed by atoms with Crippen molar-refractivity contribution in [3.8, 4) is 11.3 Å². The summed E-state index contributed by atoms with van der Waals surface area (Å²) < 4.78 is 3.30. The Bertz CT molecular complexity index is 460. The first-order chi connectivity index (χ1) is 7.24. The van der Waals surface area contributed by atoms with Crippen LogP contribution >= 0.6 is 22.6 Å². The van der Waals surface area contributed by atoms with Gasteiger partial charge in [-0.1, -0.05) is 30.3 Å². The van der Waals surface area contributed by atoms with Crippen molar-refractivity contribution in [3.63, 3.8) is 0 Å². The van der Waals surface area contributed by atoms with Crippen LogP contribution in [0.25, 0.3) is 11.3 Å². The van der Waals surface area contributed by atoms with Crippen molar-refractivity contribution >= 4 is 22.6 Å². The second-order valence-corrected chi connectivity index (χ2v) is 4.51. The summed E-state index contributed by atoms with van der Waals surface area (Å²) in [5, 5.41) is 4.61. The third-order valence-corrected chi connectivity index (χ3v) is 3.77. The fraction of sp³-hybridized carbons (Fsp3) is 0.250. The molecule has 0 aliphatic carbocycles. The average molecular weight is 312 g/mol. The van der Waals surface area contributed by atoms with Gasteiger partial charge in [0.15, 0.2) is 0 Å². The van der Waals surface area contributed by atoms with Gasteiger partial charge in [0, 0.05) is 17.8 Å². The predicted octanol–water partition coefficient (Wildman–Crippen LogP) is 3.48. The van der Waals surface area contributed by atoms with Crippen LogP contribution in [0.4, 0.5) is 0 Å². The molecule has 0 spiro atoms. The maximum Gasteiger partial charge on any atom is 0.106 e. The van der Waals surface area contributed by atoms with Crippen LogP contribution in [0.3, 0.4) is 0 Å². The van der Waals surface area contributed by atoms with Gasteiger partial charge >= 0.3 is 0 Å². The highest BCUT2D eigenvalue weighted by molar-refractivity contribution is 14.1. The van der Waals surface area contributed by atoms with Crippen molar-refractivity contribution in [2.45, 2.75) is 20.4 Å². The van der Waals surface area contributed by atoms with E-state index in [0.29, 0.717) is 0 Å². The molecule has 0 aliphatic rings. The van der Waals surface area contributed by atoms with Crippen molar-refractivity contribution in [3.05, 3.63) is 39.6 Å². The Hall–Kier alpha value is -0.840. The molecule has 3 heteroatoms. The maximum atomic E-state index is 4.61. The minimum Gasteiger partial charge on any atom is -0.268 e. The van der Waals surface area contributed by atoms with E-state index in [1.807, 2.05) is 22.9 Å². The van der Waals surface area contributed by atoms with Gasteiger partial charge in [-0.15, -0.1) is 0 Å². The van der Waals surface area contributed by atoms with Crippen molar-refractivity contribution in [1.29, 1.82) is 0 Å². The number of rotatable bonds is 2. The smallest absolute Gasteiger partial charge is 0.106 e. The minimum absolute atomic E-state index is 0.925. The van der Waals surface area contributed by atoms with Crippen LogP contribution in [0.1, 0.15) is 12.6 Å². The Balaban J connectivity index is 2.55. The zero-order valence-corrected chi connectivity index (χ0v) is 11.0. The molecule has 0 N–H and O–H groups in total. The second-order valence-electron chi connectivity index (χ2n) is 3.43. The summed E-state index contributed by atoms with van der Waals surface area (Å²) in [5.74, 6) is 0. The lowest BCUT2D eigenvalue weighted by Gasteiger charge is -1.96. The maximum absolute atomic E-state index is 4.61. The Kier molecular flexibility index (Phi) is 3.09. The van der Waals surface area contributed by atoms with Gasteiger partial charge in [-0.25, -0.2) is 0 Å². The van der Waals surface area contributed by atoms with Crippen molar-refractivity contribution in [2.75, 3.05) is 0 Å². The van der Waals surface area contributed by atoms with Gasteiger partial charge in [0.1, 0.15) is 5.69 Å². The van der Waals surface area contributed by atoms with Gasteiger partial charge < -0.3 is 0 Å². The van der Waals surface area contributed by atoms with E-state index >= 15 is 0 Å². The average Bonchev–Trinajstić information content (AvgIpc) is 2.57. The Morgan fingerprint density at radius 1 is 1.27 bits per heavy atom. The van der Waals surface area contributed by atoms with Crippen LogP contribution in [0, 0.1) is 10.5 Å². The van der Waals surface area contributed by atoms with E-state index in [4.69, 9.17) is 0 Å². The number of aromatic nitrogens is 2. The molecule has 0 radical (unpaired) electrons. The fourth-order valence-electron chi connectivity index (χ4n) is 1.61. The first-order valence-corrected chi connectivity index (χ1v) is 6.10. The van der Waals surface area contributed by atoms with Gasteiger partial charge in [0.05, 0.1) is 3.57 Å². The molecule has 0 atom stereocenters. The molecule has 2 nitrogen and oxygen atoms in total.